The van der Waals surface area contributed by atoms with E-state index < -0.39 is 17.5 Å². The van der Waals surface area contributed by atoms with E-state index in [2.05, 4.69) is 12.1 Å². The van der Waals surface area contributed by atoms with Crippen LogP contribution >= 0.6 is 0 Å². The van der Waals surface area contributed by atoms with Crippen LogP contribution in [0.4, 0.5) is 0 Å². The van der Waals surface area contributed by atoms with Crippen molar-refractivity contribution in [3.05, 3.63) is 82.6 Å². The second-order valence-corrected chi connectivity index (χ2v) is 5.61. The first-order valence-corrected chi connectivity index (χ1v) is 7.42. The molecule has 1 aliphatic carbocycles. The second-order valence-electron chi connectivity index (χ2n) is 5.61. The van der Waals surface area contributed by atoms with E-state index in [0.29, 0.717) is 5.56 Å². The summed E-state index contributed by atoms with van der Waals surface area (Å²) in [7, 11) is 0. The molecule has 0 bridgehead atoms. The molecule has 0 saturated carbocycles. The molecule has 0 saturated heterocycles. The molecule has 1 aliphatic rings. The molecule has 0 aliphatic heterocycles. The molecule has 2 aromatic carbocycles. The van der Waals surface area contributed by atoms with Gasteiger partial charge in [-0.05, 0) is 35.6 Å². The van der Waals surface area contributed by atoms with Crippen molar-refractivity contribution >= 4 is 11.8 Å². The molecule has 3 rings (SSSR count). The van der Waals surface area contributed by atoms with Gasteiger partial charge in [0.05, 0.1) is 0 Å². The topological polar surface area (TPSA) is 74.6 Å². The molecule has 4 heteroatoms. The van der Waals surface area contributed by atoms with Crippen LogP contribution in [0, 0.1) is 0 Å². The van der Waals surface area contributed by atoms with Gasteiger partial charge < -0.3 is 10.2 Å². The van der Waals surface area contributed by atoms with Crippen LogP contribution in [-0.2, 0) is 11.2 Å². The summed E-state index contributed by atoms with van der Waals surface area (Å²) in [5, 5.41) is 17.9. The van der Waals surface area contributed by atoms with Crippen molar-refractivity contribution < 1.29 is 19.8 Å². The van der Waals surface area contributed by atoms with Crippen molar-refractivity contribution in [2.45, 2.75) is 18.8 Å². The third-order valence-corrected chi connectivity index (χ3v) is 4.20. The number of benzene rings is 2. The van der Waals surface area contributed by atoms with Gasteiger partial charge in [-0.1, -0.05) is 42.5 Å². The lowest BCUT2D eigenvalue weighted by Gasteiger charge is -2.12. The monoisotopic (exact) mass is 308 g/mol. The summed E-state index contributed by atoms with van der Waals surface area (Å²) in [4.78, 5) is 22.7. The van der Waals surface area contributed by atoms with E-state index in [1.807, 2.05) is 30.3 Å². The molecule has 0 amide bonds. The molecule has 0 aromatic heterocycles. The lowest BCUT2D eigenvalue weighted by molar-refractivity contribution is -0.135. The molecule has 2 N–H and O–H groups in total. The van der Waals surface area contributed by atoms with Gasteiger partial charge in [0.2, 0.25) is 5.76 Å². The minimum Gasteiger partial charge on any atom is -0.502 e. The van der Waals surface area contributed by atoms with Gasteiger partial charge in [0.1, 0.15) is 0 Å². The average molecular weight is 308 g/mol. The highest BCUT2D eigenvalue weighted by Gasteiger charge is 2.24. The summed E-state index contributed by atoms with van der Waals surface area (Å²) in [6, 6.07) is 15.5. The van der Waals surface area contributed by atoms with Crippen molar-refractivity contribution in [1.82, 2.24) is 0 Å². The fourth-order valence-corrected chi connectivity index (χ4v) is 3.06. The van der Waals surface area contributed by atoms with Crippen molar-refractivity contribution in [2.75, 3.05) is 0 Å². The molecule has 4 nitrogen and oxygen atoms in total. The second kappa shape index (κ2) is 6.08. The quantitative estimate of drug-likeness (QED) is 0.515. The van der Waals surface area contributed by atoms with Gasteiger partial charge in [-0.25, -0.2) is 4.79 Å². The zero-order chi connectivity index (χ0) is 16.4. The maximum Gasteiger partial charge on any atom is 0.371 e. The highest BCUT2D eigenvalue weighted by Crippen LogP contribution is 2.38. The first kappa shape index (κ1) is 15.0. The third kappa shape index (κ3) is 3.01. The van der Waals surface area contributed by atoms with Crippen molar-refractivity contribution in [3.63, 3.8) is 0 Å². The zero-order valence-corrected chi connectivity index (χ0v) is 12.4. The Morgan fingerprint density at radius 3 is 2.48 bits per heavy atom. The summed E-state index contributed by atoms with van der Waals surface area (Å²) in [6.45, 7) is 0. The number of aryl methyl sites for hydroxylation is 1. The summed E-state index contributed by atoms with van der Waals surface area (Å²) in [5.41, 5.74) is 3.91. The van der Waals surface area contributed by atoms with Crippen LogP contribution in [0.1, 0.15) is 39.4 Å². The summed E-state index contributed by atoms with van der Waals surface area (Å²) in [6.07, 6.45) is 2.70. The van der Waals surface area contributed by atoms with Crippen LogP contribution < -0.4 is 0 Å². The molecule has 0 radical (unpaired) electrons. The molecule has 1 atom stereocenters. The molecule has 2 aromatic rings. The number of carbonyl (C=O) groups is 2. The van der Waals surface area contributed by atoms with Gasteiger partial charge in [0.15, 0.2) is 5.78 Å². The van der Waals surface area contributed by atoms with Crippen LogP contribution in [0.25, 0.3) is 0 Å². The van der Waals surface area contributed by atoms with Crippen molar-refractivity contribution in [2.24, 2.45) is 0 Å². The molecule has 0 heterocycles. The number of aliphatic hydroxyl groups is 1. The van der Waals surface area contributed by atoms with Gasteiger partial charge in [-0.15, -0.1) is 0 Å². The summed E-state index contributed by atoms with van der Waals surface area (Å²) < 4.78 is 0. The molecular formula is C19H16O4. The number of aliphatic hydroxyl groups excluding tert-OH is 1. The first-order chi connectivity index (χ1) is 11.1. The fourth-order valence-electron chi connectivity index (χ4n) is 3.06. The number of hydrogen-bond acceptors (Lipinski definition) is 3. The molecule has 116 valence electrons. The predicted octanol–water partition coefficient (Wildman–Crippen LogP) is 3.47. The smallest absolute Gasteiger partial charge is 0.371 e. The predicted molar refractivity (Wildman–Crippen MR) is 85.7 cm³/mol. The number of rotatable bonds is 4. The van der Waals surface area contributed by atoms with Gasteiger partial charge in [-0.3, -0.25) is 4.79 Å². The minimum atomic E-state index is -1.51. The standard InChI is InChI=1S/C19H16O4/c20-17(11-18(21)19(22)23)14-7-6-13-8-9-15(16(13)10-14)12-4-2-1-3-5-12/h1-7,10-11,15,21H,8-9H2,(H,22,23). The minimum absolute atomic E-state index is 0.246. The highest BCUT2D eigenvalue weighted by atomic mass is 16.4. The molecule has 0 spiro atoms. The van der Waals surface area contributed by atoms with Crippen LogP contribution in [0.15, 0.2) is 60.4 Å². The van der Waals surface area contributed by atoms with Crippen LogP contribution in [-0.4, -0.2) is 22.0 Å². The highest BCUT2D eigenvalue weighted by molar-refractivity contribution is 6.07. The van der Waals surface area contributed by atoms with Gasteiger partial charge in [-0.2, -0.15) is 0 Å². The Bertz CT molecular complexity index is 790. The van der Waals surface area contributed by atoms with E-state index in [0.717, 1.165) is 24.5 Å². The van der Waals surface area contributed by atoms with Gasteiger partial charge >= 0.3 is 5.97 Å². The average Bonchev–Trinajstić information content (AvgIpc) is 2.98. The number of hydrogen-bond donors (Lipinski definition) is 2. The molecular weight excluding hydrogens is 292 g/mol. The van der Waals surface area contributed by atoms with E-state index in [9.17, 15) is 14.7 Å². The SMILES string of the molecule is O=C(O)C(O)=CC(=O)c1ccc2c(c1)C(c1ccccc1)CC2. The number of ketones is 1. The van der Waals surface area contributed by atoms with Crippen LogP contribution in [0.3, 0.4) is 0 Å². The number of carboxylic acids is 1. The van der Waals surface area contributed by atoms with E-state index in [1.54, 1.807) is 6.07 Å². The van der Waals surface area contributed by atoms with E-state index in [-0.39, 0.29) is 5.92 Å². The normalized spacial score (nSPS) is 16.9. The van der Waals surface area contributed by atoms with Gasteiger partial charge in [0, 0.05) is 17.6 Å². The maximum atomic E-state index is 12.1. The molecule has 0 fully saturated rings. The Kier molecular flexibility index (Phi) is 3.98. The van der Waals surface area contributed by atoms with Crippen molar-refractivity contribution in [3.8, 4) is 0 Å². The number of aliphatic carboxylic acids is 1. The Labute approximate surface area is 133 Å². The number of allylic oxidation sites excluding steroid dienone is 1. The lowest BCUT2D eigenvalue weighted by Crippen LogP contribution is -2.05. The zero-order valence-electron chi connectivity index (χ0n) is 12.4. The van der Waals surface area contributed by atoms with Crippen LogP contribution in [0.2, 0.25) is 0 Å². The fraction of sp³-hybridized carbons (Fsp3) is 0.158. The lowest BCUT2D eigenvalue weighted by atomic mass is 9.91. The Balaban J connectivity index is 1.95. The largest absolute Gasteiger partial charge is 0.502 e. The molecule has 1 unspecified atom stereocenters. The molecule has 23 heavy (non-hydrogen) atoms. The Morgan fingerprint density at radius 1 is 1.04 bits per heavy atom. The van der Waals surface area contributed by atoms with E-state index in [4.69, 9.17) is 5.11 Å². The van der Waals surface area contributed by atoms with E-state index in [1.165, 1.54) is 11.1 Å². The number of carbonyl (C=O) groups excluding carboxylic acids is 1. The third-order valence-electron chi connectivity index (χ3n) is 4.20. The van der Waals surface area contributed by atoms with Gasteiger partial charge in [0.25, 0.3) is 0 Å². The summed E-state index contributed by atoms with van der Waals surface area (Å²) in [5.74, 6) is -2.72. The Hall–Kier alpha value is -2.88. The van der Waals surface area contributed by atoms with Crippen LogP contribution in [0.5, 0.6) is 0 Å². The summed E-state index contributed by atoms with van der Waals surface area (Å²) >= 11 is 0. The number of fused-ring (bicyclic) bond motifs is 1. The number of carboxylic acid groups (broad SMARTS) is 1. The maximum absolute atomic E-state index is 12.1. The van der Waals surface area contributed by atoms with Crippen molar-refractivity contribution in [1.29, 1.82) is 0 Å². The first-order valence-electron chi connectivity index (χ1n) is 7.42. The van der Waals surface area contributed by atoms with E-state index >= 15 is 0 Å². The Morgan fingerprint density at radius 2 is 1.78 bits per heavy atom.